The van der Waals surface area contributed by atoms with Gasteiger partial charge in [0.25, 0.3) is 0 Å². The maximum absolute atomic E-state index is 11.9. The average molecular weight is 310 g/mol. The number of ether oxygens (including phenoxy) is 1. The van der Waals surface area contributed by atoms with Gasteiger partial charge in [-0.1, -0.05) is 18.2 Å². The highest BCUT2D eigenvalue weighted by atomic mass is 32.2. The van der Waals surface area contributed by atoms with Crippen molar-refractivity contribution in [2.75, 3.05) is 45.2 Å². The summed E-state index contributed by atoms with van der Waals surface area (Å²) >= 11 is 1.73. The van der Waals surface area contributed by atoms with Crippen LogP contribution in [0.5, 0.6) is 0 Å². The molecule has 1 aromatic carbocycles. The zero-order valence-electron chi connectivity index (χ0n) is 12.0. The molecule has 1 heterocycles. The maximum Gasteiger partial charge on any atom is 0.234 e. The molecule has 21 heavy (non-hydrogen) atoms. The number of carbonyl (C=O) groups is 1. The van der Waals surface area contributed by atoms with E-state index in [1.807, 2.05) is 23.1 Å². The minimum Gasteiger partial charge on any atom is -0.395 e. The van der Waals surface area contributed by atoms with Gasteiger partial charge in [-0.2, -0.15) is 0 Å². The Labute approximate surface area is 129 Å². The number of amides is 1. The van der Waals surface area contributed by atoms with Crippen LogP contribution in [0.15, 0.2) is 35.2 Å². The summed E-state index contributed by atoms with van der Waals surface area (Å²) in [6, 6.07) is 10.1. The number of hydrogen-bond donors (Lipinski definition) is 2. The number of benzene rings is 1. The third kappa shape index (κ3) is 5.67. The van der Waals surface area contributed by atoms with Crippen molar-refractivity contribution in [3.63, 3.8) is 0 Å². The Bertz CT molecular complexity index is 430. The number of thioether (sulfide) groups is 1. The first-order valence-corrected chi connectivity index (χ1v) is 8.15. The number of nitrogens with one attached hydrogen (secondary N) is 1. The Kier molecular flexibility index (Phi) is 7.02. The van der Waals surface area contributed by atoms with Crippen LogP contribution >= 0.6 is 11.8 Å². The first kappa shape index (κ1) is 16.3. The van der Waals surface area contributed by atoms with E-state index in [0.29, 0.717) is 32.8 Å². The van der Waals surface area contributed by atoms with E-state index in [2.05, 4.69) is 17.4 Å². The molecular formula is C15H22N2O3S. The predicted molar refractivity (Wildman–Crippen MR) is 83.4 cm³/mol. The Morgan fingerprint density at radius 1 is 1.43 bits per heavy atom. The Morgan fingerprint density at radius 3 is 3.00 bits per heavy atom. The zero-order valence-corrected chi connectivity index (χ0v) is 12.8. The lowest BCUT2D eigenvalue weighted by molar-refractivity contribution is -0.125. The molecule has 0 radical (unpaired) electrons. The lowest BCUT2D eigenvalue weighted by atomic mass is 10.2. The molecule has 1 aromatic rings. The van der Waals surface area contributed by atoms with Crippen LogP contribution in [0, 0.1) is 0 Å². The molecule has 0 spiro atoms. The average Bonchev–Trinajstić information content (AvgIpc) is 2.53. The van der Waals surface area contributed by atoms with Gasteiger partial charge in [0.2, 0.25) is 5.91 Å². The molecule has 0 aromatic heterocycles. The van der Waals surface area contributed by atoms with Crippen LogP contribution in [-0.2, 0) is 9.53 Å². The standard InChI is InChI=1S/C15H22N2O3S/c18-11-13-12-20-8-7-17(13)10-15(19)16-6-9-21-14-4-2-1-3-5-14/h1-5,13,18H,6-12H2,(H,16,19). The first-order valence-electron chi connectivity index (χ1n) is 7.17. The minimum absolute atomic E-state index is 0.00371. The number of aliphatic hydroxyl groups excluding tert-OH is 1. The van der Waals surface area contributed by atoms with Crippen LogP contribution in [-0.4, -0.2) is 67.2 Å². The van der Waals surface area contributed by atoms with E-state index in [1.165, 1.54) is 4.90 Å². The van der Waals surface area contributed by atoms with Crippen LogP contribution in [0.1, 0.15) is 0 Å². The van der Waals surface area contributed by atoms with E-state index < -0.39 is 0 Å². The van der Waals surface area contributed by atoms with Crippen LogP contribution in [0.4, 0.5) is 0 Å². The Hall–Kier alpha value is -1.08. The molecule has 1 aliphatic rings. The molecule has 1 amide bonds. The van der Waals surface area contributed by atoms with Gasteiger partial charge in [-0.25, -0.2) is 0 Å². The second kappa shape index (κ2) is 9.04. The molecule has 0 aliphatic carbocycles. The van der Waals surface area contributed by atoms with E-state index in [-0.39, 0.29) is 18.6 Å². The molecule has 6 heteroatoms. The highest BCUT2D eigenvalue weighted by Crippen LogP contribution is 2.15. The zero-order chi connectivity index (χ0) is 14.9. The van der Waals surface area contributed by atoms with E-state index in [4.69, 9.17) is 4.74 Å². The summed E-state index contributed by atoms with van der Waals surface area (Å²) in [4.78, 5) is 15.1. The molecule has 1 saturated heterocycles. The number of nitrogens with zero attached hydrogens (tertiary/aromatic N) is 1. The second-order valence-electron chi connectivity index (χ2n) is 4.89. The monoisotopic (exact) mass is 310 g/mol. The van der Waals surface area contributed by atoms with Crippen LogP contribution < -0.4 is 5.32 Å². The SMILES string of the molecule is O=C(CN1CCOCC1CO)NCCSc1ccccc1. The first-order chi connectivity index (χ1) is 10.3. The molecule has 1 unspecified atom stereocenters. The van der Waals surface area contributed by atoms with Crippen LogP contribution in [0.3, 0.4) is 0 Å². The number of rotatable bonds is 7. The third-order valence-electron chi connectivity index (χ3n) is 3.34. The van der Waals surface area contributed by atoms with Crippen molar-refractivity contribution in [1.29, 1.82) is 0 Å². The van der Waals surface area contributed by atoms with Gasteiger partial charge in [-0.3, -0.25) is 9.69 Å². The molecule has 1 atom stereocenters. The number of hydrogen-bond acceptors (Lipinski definition) is 5. The van der Waals surface area contributed by atoms with Crippen molar-refractivity contribution in [2.45, 2.75) is 10.9 Å². The molecule has 2 rings (SSSR count). The lowest BCUT2D eigenvalue weighted by Gasteiger charge is -2.33. The Morgan fingerprint density at radius 2 is 2.24 bits per heavy atom. The van der Waals surface area contributed by atoms with E-state index >= 15 is 0 Å². The van der Waals surface area contributed by atoms with Crippen LogP contribution in [0.25, 0.3) is 0 Å². The van der Waals surface area contributed by atoms with Gasteiger partial charge in [-0.05, 0) is 12.1 Å². The van der Waals surface area contributed by atoms with Gasteiger partial charge in [0.1, 0.15) is 0 Å². The molecule has 116 valence electrons. The topological polar surface area (TPSA) is 61.8 Å². The second-order valence-corrected chi connectivity index (χ2v) is 6.06. The van der Waals surface area contributed by atoms with Crippen molar-refractivity contribution in [2.24, 2.45) is 0 Å². The summed E-state index contributed by atoms with van der Waals surface area (Å²) in [7, 11) is 0. The van der Waals surface area contributed by atoms with Crippen molar-refractivity contribution >= 4 is 17.7 Å². The summed E-state index contributed by atoms with van der Waals surface area (Å²) in [6.07, 6.45) is 0. The summed E-state index contributed by atoms with van der Waals surface area (Å²) in [6.45, 7) is 2.80. The van der Waals surface area contributed by atoms with Gasteiger partial charge in [0, 0.05) is 23.7 Å². The minimum atomic E-state index is -0.0665. The van der Waals surface area contributed by atoms with Gasteiger partial charge in [0.05, 0.1) is 32.4 Å². The maximum atomic E-state index is 11.9. The van der Waals surface area contributed by atoms with Gasteiger partial charge >= 0.3 is 0 Å². The third-order valence-corrected chi connectivity index (χ3v) is 4.36. The van der Waals surface area contributed by atoms with E-state index in [1.54, 1.807) is 11.8 Å². The predicted octanol–water partition coefficient (Wildman–Crippen LogP) is 0.588. The molecule has 1 fully saturated rings. The number of morpholine rings is 1. The normalized spacial score (nSPS) is 19.4. The quantitative estimate of drug-likeness (QED) is 0.570. The fourth-order valence-electron chi connectivity index (χ4n) is 2.18. The molecule has 5 nitrogen and oxygen atoms in total. The van der Waals surface area contributed by atoms with Crippen molar-refractivity contribution in [3.05, 3.63) is 30.3 Å². The summed E-state index contributed by atoms with van der Waals surface area (Å²) in [5.74, 6) is 0.853. The highest BCUT2D eigenvalue weighted by molar-refractivity contribution is 7.99. The summed E-state index contributed by atoms with van der Waals surface area (Å²) in [5, 5.41) is 12.2. The molecular weight excluding hydrogens is 288 g/mol. The van der Waals surface area contributed by atoms with Gasteiger partial charge < -0.3 is 15.2 Å². The number of aliphatic hydroxyl groups is 1. The van der Waals surface area contributed by atoms with Crippen molar-refractivity contribution in [3.8, 4) is 0 Å². The van der Waals surface area contributed by atoms with Crippen molar-refractivity contribution < 1.29 is 14.6 Å². The molecule has 2 N–H and O–H groups in total. The fraction of sp³-hybridized carbons (Fsp3) is 0.533. The van der Waals surface area contributed by atoms with Gasteiger partial charge in [-0.15, -0.1) is 11.8 Å². The summed E-state index contributed by atoms with van der Waals surface area (Å²) in [5.41, 5.74) is 0. The Balaban J connectivity index is 1.63. The molecule has 1 aliphatic heterocycles. The number of carbonyl (C=O) groups excluding carboxylic acids is 1. The molecule has 0 saturated carbocycles. The van der Waals surface area contributed by atoms with Crippen molar-refractivity contribution in [1.82, 2.24) is 10.2 Å². The lowest BCUT2D eigenvalue weighted by Crippen LogP contribution is -2.51. The van der Waals surface area contributed by atoms with Gasteiger partial charge in [0.15, 0.2) is 0 Å². The largest absolute Gasteiger partial charge is 0.395 e. The fourth-order valence-corrected chi connectivity index (χ4v) is 2.97. The molecule has 0 bridgehead atoms. The smallest absolute Gasteiger partial charge is 0.234 e. The summed E-state index contributed by atoms with van der Waals surface area (Å²) < 4.78 is 5.30. The van der Waals surface area contributed by atoms with E-state index in [9.17, 15) is 9.90 Å². The van der Waals surface area contributed by atoms with Crippen LogP contribution in [0.2, 0.25) is 0 Å². The highest BCUT2D eigenvalue weighted by Gasteiger charge is 2.23. The van der Waals surface area contributed by atoms with E-state index in [0.717, 1.165) is 5.75 Å².